The highest BCUT2D eigenvalue weighted by Gasteiger charge is 2.34. The van der Waals surface area contributed by atoms with Crippen LogP contribution in [0.2, 0.25) is 0 Å². The van der Waals surface area contributed by atoms with Crippen molar-refractivity contribution in [3.05, 3.63) is 0 Å². The number of esters is 1. The maximum absolute atomic E-state index is 12.4. The molecule has 0 spiro atoms. The molecule has 5 nitrogen and oxygen atoms in total. The second kappa shape index (κ2) is 18.5. The summed E-state index contributed by atoms with van der Waals surface area (Å²) in [5, 5.41) is 10.2. The molecule has 1 saturated heterocycles. The summed E-state index contributed by atoms with van der Waals surface area (Å²) in [4.78, 5) is 25.8. The lowest BCUT2D eigenvalue weighted by Crippen LogP contribution is -2.41. The van der Waals surface area contributed by atoms with E-state index in [2.05, 4.69) is 6.92 Å². The molecule has 182 valence electrons. The van der Waals surface area contributed by atoms with Crippen molar-refractivity contribution in [2.75, 3.05) is 13.7 Å². The molecule has 1 aliphatic heterocycles. The van der Waals surface area contributed by atoms with E-state index in [1.807, 2.05) is 0 Å². The van der Waals surface area contributed by atoms with Crippen LogP contribution in [0.3, 0.4) is 0 Å². The Labute approximate surface area is 191 Å². The Morgan fingerprint density at radius 2 is 1.39 bits per heavy atom. The van der Waals surface area contributed by atoms with E-state index in [1.54, 1.807) is 4.90 Å². The van der Waals surface area contributed by atoms with Gasteiger partial charge >= 0.3 is 5.97 Å². The first kappa shape index (κ1) is 27.9. The van der Waals surface area contributed by atoms with Gasteiger partial charge in [0, 0.05) is 13.0 Å². The summed E-state index contributed by atoms with van der Waals surface area (Å²) in [6.07, 6.45) is 21.3. The Morgan fingerprint density at radius 1 is 0.871 bits per heavy atom. The smallest absolute Gasteiger partial charge is 0.328 e. The standard InChI is InChI=1S/C26H49NO4/c1-3-4-5-6-7-8-9-10-11-12-13-14-15-16-18-23(28)20-21-25(29)27-22-17-19-24(27)26(30)31-2/h23-24,28H,3-22H2,1-2H3/t23?,24-/m0/s1. The number of carbonyl (C=O) groups excluding carboxylic acids is 2. The van der Waals surface area contributed by atoms with Gasteiger partial charge in [0.15, 0.2) is 0 Å². The molecule has 5 heteroatoms. The van der Waals surface area contributed by atoms with Crippen LogP contribution in [0, 0.1) is 0 Å². The van der Waals surface area contributed by atoms with Crippen LogP contribution < -0.4 is 0 Å². The average Bonchev–Trinajstić information content (AvgIpc) is 3.27. The highest BCUT2D eigenvalue weighted by molar-refractivity contribution is 5.85. The van der Waals surface area contributed by atoms with Crippen LogP contribution in [-0.4, -0.2) is 47.7 Å². The van der Waals surface area contributed by atoms with E-state index in [1.165, 1.54) is 90.6 Å². The number of unbranched alkanes of at least 4 members (excludes halogenated alkanes) is 13. The van der Waals surface area contributed by atoms with Crippen LogP contribution >= 0.6 is 0 Å². The number of carbonyl (C=O) groups is 2. The minimum Gasteiger partial charge on any atom is -0.467 e. The number of hydrogen-bond acceptors (Lipinski definition) is 4. The van der Waals surface area contributed by atoms with E-state index in [0.29, 0.717) is 25.8 Å². The number of rotatable bonds is 19. The number of likely N-dealkylation sites (tertiary alicyclic amines) is 1. The van der Waals surface area contributed by atoms with Crippen molar-refractivity contribution in [1.29, 1.82) is 0 Å². The second-order valence-corrected chi connectivity index (χ2v) is 9.35. The third kappa shape index (κ3) is 13.1. The summed E-state index contributed by atoms with van der Waals surface area (Å²) in [6, 6.07) is -0.430. The maximum atomic E-state index is 12.4. The third-order valence-electron chi connectivity index (χ3n) is 6.63. The molecule has 0 aliphatic carbocycles. The number of amides is 1. The SMILES string of the molecule is CCCCCCCCCCCCCCCCC(O)CCC(=O)N1CCC[C@H]1C(=O)OC. The van der Waals surface area contributed by atoms with Gasteiger partial charge in [-0.2, -0.15) is 0 Å². The van der Waals surface area contributed by atoms with E-state index in [0.717, 1.165) is 19.3 Å². The molecule has 1 amide bonds. The molecule has 0 aromatic rings. The van der Waals surface area contributed by atoms with Crippen molar-refractivity contribution >= 4 is 11.9 Å². The Balaban J connectivity index is 1.92. The molecular formula is C26H49NO4. The van der Waals surface area contributed by atoms with Gasteiger partial charge in [0.05, 0.1) is 13.2 Å². The van der Waals surface area contributed by atoms with Crippen molar-refractivity contribution in [3.8, 4) is 0 Å². The van der Waals surface area contributed by atoms with Gasteiger partial charge in [0.25, 0.3) is 0 Å². The molecule has 1 fully saturated rings. The van der Waals surface area contributed by atoms with Gasteiger partial charge in [-0.05, 0) is 25.7 Å². The molecule has 1 rings (SSSR count). The van der Waals surface area contributed by atoms with Crippen molar-refractivity contribution in [1.82, 2.24) is 4.90 Å². The first-order chi connectivity index (χ1) is 15.1. The first-order valence-corrected chi connectivity index (χ1v) is 13.2. The molecule has 0 saturated carbocycles. The number of ether oxygens (including phenoxy) is 1. The van der Waals surface area contributed by atoms with Gasteiger partial charge in [-0.25, -0.2) is 4.79 Å². The molecule has 0 radical (unpaired) electrons. The minimum absolute atomic E-state index is 0.0343. The van der Waals surface area contributed by atoms with Gasteiger partial charge in [0.1, 0.15) is 6.04 Å². The van der Waals surface area contributed by atoms with Gasteiger partial charge in [-0.1, -0.05) is 96.8 Å². The zero-order valence-electron chi connectivity index (χ0n) is 20.4. The lowest BCUT2D eigenvalue weighted by molar-refractivity contribution is -0.151. The van der Waals surface area contributed by atoms with Crippen molar-refractivity contribution in [2.24, 2.45) is 0 Å². The summed E-state index contributed by atoms with van der Waals surface area (Å²) in [5.41, 5.74) is 0. The molecule has 0 aromatic carbocycles. The van der Waals surface area contributed by atoms with Crippen LogP contribution in [-0.2, 0) is 14.3 Å². The van der Waals surface area contributed by atoms with Gasteiger partial charge in [-0.3, -0.25) is 4.79 Å². The molecule has 0 bridgehead atoms. The number of hydrogen-bond donors (Lipinski definition) is 1. The van der Waals surface area contributed by atoms with E-state index in [-0.39, 0.29) is 11.9 Å². The normalized spacial score (nSPS) is 17.1. The van der Waals surface area contributed by atoms with Crippen molar-refractivity contribution in [2.45, 2.75) is 141 Å². The monoisotopic (exact) mass is 439 g/mol. The third-order valence-corrected chi connectivity index (χ3v) is 6.63. The Kier molecular flexibility index (Phi) is 16.6. The van der Waals surface area contributed by atoms with Crippen LogP contribution in [0.4, 0.5) is 0 Å². The number of methoxy groups -OCH3 is 1. The topological polar surface area (TPSA) is 66.8 Å². The number of aliphatic hydroxyl groups is 1. The minimum atomic E-state index is -0.430. The highest BCUT2D eigenvalue weighted by atomic mass is 16.5. The lowest BCUT2D eigenvalue weighted by Gasteiger charge is -2.23. The van der Waals surface area contributed by atoms with Crippen molar-refractivity contribution < 1.29 is 19.4 Å². The van der Waals surface area contributed by atoms with Crippen LogP contribution in [0.5, 0.6) is 0 Å². The van der Waals surface area contributed by atoms with E-state index in [4.69, 9.17) is 4.74 Å². The van der Waals surface area contributed by atoms with Gasteiger partial charge in [-0.15, -0.1) is 0 Å². The second-order valence-electron chi connectivity index (χ2n) is 9.35. The predicted molar refractivity (Wildman–Crippen MR) is 127 cm³/mol. The molecular weight excluding hydrogens is 390 g/mol. The van der Waals surface area contributed by atoms with Crippen LogP contribution in [0.1, 0.15) is 129 Å². The van der Waals surface area contributed by atoms with Crippen LogP contribution in [0.25, 0.3) is 0 Å². The van der Waals surface area contributed by atoms with Gasteiger partial charge in [0.2, 0.25) is 5.91 Å². The fourth-order valence-corrected chi connectivity index (χ4v) is 4.60. The average molecular weight is 440 g/mol. The molecule has 31 heavy (non-hydrogen) atoms. The first-order valence-electron chi connectivity index (χ1n) is 13.2. The fourth-order valence-electron chi connectivity index (χ4n) is 4.60. The Hall–Kier alpha value is -1.10. The summed E-state index contributed by atoms with van der Waals surface area (Å²) in [6.45, 7) is 2.89. The maximum Gasteiger partial charge on any atom is 0.328 e. The summed E-state index contributed by atoms with van der Waals surface area (Å²) < 4.78 is 4.79. The summed E-state index contributed by atoms with van der Waals surface area (Å²) >= 11 is 0. The fraction of sp³-hybridized carbons (Fsp3) is 0.923. The largest absolute Gasteiger partial charge is 0.467 e. The molecule has 1 heterocycles. The molecule has 1 aliphatic rings. The number of aliphatic hydroxyl groups excluding tert-OH is 1. The lowest BCUT2D eigenvalue weighted by atomic mass is 10.0. The molecule has 1 unspecified atom stereocenters. The molecule has 1 N–H and O–H groups in total. The van der Waals surface area contributed by atoms with Gasteiger partial charge < -0.3 is 14.7 Å². The predicted octanol–water partition coefficient (Wildman–Crippen LogP) is 6.16. The quantitative estimate of drug-likeness (QED) is 0.193. The Morgan fingerprint density at radius 3 is 1.90 bits per heavy atom. The van der Waals surface area contributed by atoms with E-state index < -0.39 is 12.1 Å². The Bertz CT molecular complexity index is 468. The zero-order valence-corrected chi connectivity index (χ0v) is 20.4. The zero-order chi connectivity index (χ0) is 22.7. The molecule has 2 atom stereocenters. The highest BCUT2D eigenvalue weighted by Crippen LogP contribution is 2.21. The summed E-state index contributed by atoms with van der Waals surface area (Å²) in [5.74, 6) is -0.360. The number of nitrogens with zero attached hydrogens (tertiary/aromatic N) is 1. The summed E-state index contributed by atoms with van der Waals surface area (Å²) in [7, 11) is 1.36. The van der Waals surface area contributed by atoms with E-state index in [9.17, 15) is 14.7 Å². The van der Waals surface area contributed by atoms with Crippen LogP contribution in [0.15, 0.2) is 0 Å². The molecule has 0 aromatic heterocycles. The van der Waals surface area contributed by atoms with Crippen molar-refractivity contribution in [3.63, 3.8) is 0 Å². The van der Waals surface area contributed by atoms with E-state index >= 15 is 0 Å².